The van der Waals surface area contributed by atoms with Crippen LogP contribution in [0.2, 0.25) is 0 Å². The average Bonchev–Trinajstić information content (AvgIpc) is 3.33. The summed E-state index contributed by atoms with van der Waals surface area (Å²) in [7, 11) is 0. The normalized spacial score (nSPS) is 14.9. The van der Waals surface area contributed by atoms with Gasteiger partial charge in [0.15, 0.2) is 0 Å². The third kappa shape index (κ3) is 5.60. The Kier molecular flexibility index (Phi) is 8.22. The van der Waals surface area contributed by atoms with E-state index in [2.05, 4.69) is 6.92 Å². The van der Waals surface area contributed by atoms with Crippen LogP contribution >= 0.6 is 0 Å². The number of carbonyl (C=O) groups is 2. The number of nitriles is 1. The van der Waals surface area contributed by atoms with Gasteiger partial charge < -0.3 is 4.74 Å². The summed E-state index contributed by atoms with van der Waals surface area (Å²) in [4.78, 5) is 27.7. The van der Waals surface area contributed by atoms with Gasteiger partial charge in [-0.15, -0.1) is 0 Å². The number of para-hydroxylation sites is 1. The summed E-state index contributed by atoms with van der Waals surface area (Å²) >= 11 is 0. The number of amides is 2. The van der Waals surface area contributed by atoms with E-state index >= 15 is 0 Å². The van der Waals surface area contributed by atoms with Crippen LogP contribution in [0, 0.1) is 11.3 Å². The highest BCUT2D eigenvalue weighted by molar-refractivity contribution is 6.19. The zero-order valence-electron chi connectivity index (χ0n) is 22.3. The third-order valence-corrected chi connectivity index (χ3v) is 6.37. The maximum absolute atomic E-state index is 13.5. The van der Waals surface area contributed by atoms with E-state index in [4.69, 9.17) is 9.84 Å². The molecule has 3 aromatic rings. The van der Waals surface area contributed by atoms with E-state index in [-0.39, 0.29) is 24.1 Å². The topological polar surface area (TPSA) is 88.2 Å². The van der Waals surface area contributed by atoms with Gasteiger partial charge in [-0.3, -0.25) is 14.5 Å². The molecule has 1 aromatic heterocycles. The van der Waals surface area contributed by atoms with Crippen LogP contribution in [-0.4, -0.2) is 39.1 Å². The maximum Gasteiger partial charge on any atom is 0.271 e. The second-order valence-electron chi connectivity index (χ2n) is 9.54. The fourth-order valence-electron chi connectivity index (χ4n) is 4.40. The Morgan fingerprint density at radius 1 is 1.03 bits per heavy atom. The van der Waals surface area contributed by atoms with Crippen molar-refractivity contribution < 1.29 is 14.3 Å². The lowest BCUT2D eigenvalue weighted by Crippen LogP contribution is -2.43. The molecule has 38 heavy (non-hydrogen) atoms. The molecule has 7 nitrogen and oxygen atoms in total. The van der Waals surface area contributed by atoms with Gasteiger partial charge in [-0.1, -0.05) is 38.0 Å². The van der Waals surface area contributed by atoms with Gasteiger partial charge in [-0.2, -0.15) is 10.4 Å². The molecular formula is C31H32N4O3. The summed E-state index contributed by atoms with van der Waals surface area (Å²) in [5, 5.41) is 14.6. The first-order valence-corrected chi connectivity index (χ1v) is 13.0. The largest absolute Gasteiger partial charge is 0.491 e. The number of nitrogens with zero attached hydrogens (tertiary/aromatic N) is 4. The Morgan fingerprint density at radius 3 is 2.37 bits per heavy atom. The van der Waals surface area contributed by atoms with Crippen LogP contribution in [0.25, 0.3) is 23.0 Å². The van der Waals surface area contributed by atoms with Gasteiger partial charge in [0.05, 0.1) is 17.5 Å². The molecule has 0 bridgehead atoms. The van der Waals surface area contributed by atoms with Crippen LogP contribution in [0.4, 0.5) is 0 Å². The summed E-state index contributed by atoms with van der Waals surface area (Å²) in [6, 6.07) is 19.4. The van der Waals surface area contributed by atoms with Gasteiger partial charge in [0, 0.05) is 29.4 Å². The predicted molar refractivity (Wildman–Crippen MR) is 147 cm³/mol. The third-order valence-electron chi connectivity index (χ3n) is 6.37. The van der Waals surface area contributed by atoms with Crippen molar-refractivity contribution in [1.82, 2.24) is 14.7 Å². The molecule has 2 amide bonds. The molecule has 0 fully saturated rings. The van der Waals surface area contributed by atoms with E-state index in [1.807, 2.05) is 80.7 Å². The Morgan fingerprint density at radius 2 is 1.74 bits per heavy atom. The number of ether oxygens (including phenoxy) is 1. The Labute approximate surface area is 223 Å². The van der Waals surface area contributed by atoms with Crippen LogP contribution in [0.5, 0.6) is 5.75 Å². The van der Waals surface area contributed by atoms with Gasteiger partial charge in [0.1, 0.15) is 17.4 Å². The van der Waals surface area contributed by atoms with Gasteiger partial charge in [-0.25, -0.2) is 4.68 Å². The lowest BCUT2D eigenvalue weighted by molar-refractivity contribution is -0.140. The van der Waals surface area contributed by atoms with Gasteiger partial charge in [0.25, 0.3) is 11.8 Å². The molecule has 7 heteroatoms. The minimum atomic E-state index is -0.524. The fourth-order valence-corrected chi connectivity index (χ4v) is 4.40. The average molecular weight is 509 g/mol. The molecule has 0 saturated heterocycles. The molecule has 0 spiro atoms. The van der Waals surface area contributed by atoms with Gasteiger partial charge in [0.2, 0.25) is 0 Å². The number of unbranched alkanes of at least 4 members (excludes halogenated alkanes) is 2. The standard InChI is InChI=1S/C31H32N4O3/c1-5-6-10-17-34-30(36)27(22(4)28(19-32)31(34)37)18-24-20-35(25-11-8-7-9-12-25)33-29(24)23-13-15-26(16-14-23)38-21(2)3/h7-9,11-16,18,20-21H,5-6,10,17H2,1-4H3/b27-18-. The molecule has 0 unspecified atom stereocenters. The van der Waals surface area contributed by atoms with E-state index in [1.165, 1.54) is 4.90 Å². The lowest BCUT2D eigenvalue weighted by atomic mass is 9.93. The summed E-state index contributed by atoms with van der Waals surface area (Å²) < 4.78 is 7.56. The van der Waals surface area contributed by atoms with Crippen molar-refractivity contribution in [3.8, 4) is 28.8 Å². The fraction of sp³-hybridized carbons (Fsp3) is 0.290. The monoisotopic (exact) mass is 508 g/mol. The van der Waals surface area contributed by atoms with Crippen LogP contribution < -0.4 is 4.74 Å². The van der Waals surface area contributed by atoms with E-state index in [0.29, 0.717) is 28.8 Å². The summed E-state index contributed by atoms with van der Waals surface area (Å²) in [5.74, 6) is -0.154. The zero-order valence-corrected chi connectivity index (χ0v) is 22.3. The molecule has 1 aliphatic rings. The first-order chi connectivity index (χ1) is 18.3. The number of imide groups is 1. The molecule has 194 valence electrons. The van der Waals surface area contributed by atoms with Crippen LogP contribution in [0.3, 0.4) is 0 Å². The molecule has 0 saturated carbocycles. The van der Waals surface area contributed by atoms with Gasteiger partial charge >= 0.3 is 0 Å². The molecular weight excluding hydrogens is 476 g/mol. The lowest BCUT2D eigenvalue weighted by Gasteiger charge is -2.27. The smallest absolute Gasteiger partial charge is 0.271 e. The van der Waals surface area contributed by atoms with Crippen LogP contribution in [0.1, 0.15) is 52.5 Å². The summed E-state index contributed by atoms with van der Waals surface area (Å²) in [6.45, 7) is 7.95. The number of carbonyl (C=O) groups excluding carboxylic acids is 2. The molecule has 2 heterocycles. The SMILES string of the molecule is CCCCCN1C(=O)C(C#N)=C(C)/C(=C/c2cn(-c3ccccc3)nc2-c2ccc(OC(C)C)cc2)C1=O. The Balaban J connectivity index is 1.83. The molecule has 0 atom stereocenters. The van der Waals surface area contributed by atoms with E-state index in [9.17, 15) is 14.9 Å². The van der Waals surface area contributed by atoms with E-state index in [0.717, 1.165) is 29.8 Å². The quantitative estimate of drug-likeness (QED) is 0.198. The minimum absolute atomic E-state index is 0.000429. The van der Waals surface area contributed by atoms with Crippen molar-refractivity contribution in [3.63, 3.8) is 0 Å². The van der Waals surface area contributed by atoms with Crippen LogP contribution in [0.15, 0.2) is 77.5 Å². The highest BCUT2D eigenvalue weighted by Gasteiger charge is 2.35. The highest BCUT2D eigenvalue weighted by atomic mass is 16.5. The highest BCUT2D eigenvalue weighted by Crippen LogP contribution is 2.32. The molecule has 0 aliphatic carbocycles. The van der Waals surface area contributed by atoms with Gasteiger partial charge in [-0.05, 0) is 75.2 Å². The number of hydrogen-bond donors (Lipinski definition) is 0. The first-order valence-electron chi connectivity index (χ1n) is 13.0. The molecule has 4 rings (SSSR count). The van der Waals surface area contributed by atoms with Crippen molar-refractivity contribution >= 4 is 17.9 Å². The number of rotatable bonds is 9. The summed E-state index contributed by atoms with van der Waals surface area (Å²) in [6.07, 6.45) is 6.21. The second-order valence-corrected chi connectivity index (χ2v) is 9.54. The zero-order chi connectivity index (χ0) is 27.2. The maximum atomic E-state index is 13.5. The van der Waals surface area contributed by atoms with E-state index < -0.39 is 5.91 Å². The first kappa shape index (κ1) is 26.6. The van der Waals surface area contributed by atoms with Crippen LogP contribution in [-0.2, 0) is 9.59 Å². The Bertz CT molecular complexity index is 1420. The van der Waals surface area contributed by atoms with Crippen molar-refractivity contribution in [2.24, 2.45) is 0 Å². The second kappa shape index (κ2) is 11.7. The van der Waals surface area contributed by atoms with Crippen molar-refractivity contribution in [1.29, 1.82) is 5.26 Å². The molecule has 1 aliphatic heterocycles. The molecule has 0 N–H and O–H groups in total. The van der Waals surface area contributed by atoms with Crippen molar-refractivity contribution in [3.05, 3.63) is 83.1 Å². The van der Waals surface area contributed by atoms with Crippen molar-refractivity contribution in [2.75, 3.05) is 6.54 Å². The summed E-state index contributed by atoms with van der Waals surface area (Å²) in [5.41, 5.74) is 3.80. The minimum Gasteiger partial charge on any atom is -0.491 e. The number of aromatic nitrogens is 2. The number of benzene rings is 2. The molecule has 2 aromatic carbocycles. The molecule has 0 radical (unpaired) electrons. The predicted octanol–water partition coefficient (Wildman–Crippen LogP) is 6.11. The Hall–Kier alpha value is -4.44. The number of hydrogen-bond acceptors (Lipinski definition) is 5. The van der Waals surface area contributed by atoms with E-state index in [1.54, 1.807) is 17.7 Å². The van der Waals surface area contributed by atoms with Crippen molar-refractivity contribution in [2.45, 2.75) is 53.1 Å².